The maximum atomic E-state index is 5.78. The molecule has 66 valence electrons. The molecular formula is C9H13BrN2. The van der Waals surface area contributed by atoms with Crippen molar-refractivity contribution in [1.29, 1.82) is 0 Å². The molecule has 0 aromatic heterocycles. The van der Waals surface area contributed by atoms with Crippen LogP contribution >= 0.6 is 15.9 Å². The SMILES string of the molecule is C[C@@H](N)Cc1c(N)cccc1Br. The van der Waals surface area contributed by atoms with Crippen LogP contribution in [0.5, 0.6) is 0 Å². The monoisotopic (exact) mass is 228 g/mol. The van der Waals surface area contributed by atoms with Gasteiger partial charge in [0, 0.05) is 16.2 Å². The smallest absolute Gasteiger partial charge is 0.0358 e. The van der Waals surface area contributed by atoms with Crippen LogP contribution in [0.4, 0.5) is 5.69 Å². The van der Waals surface area contributed by atoms with E-state index in [1.165, 1.54) is 0 Å². The Morgan fingerprint density at radius 1 is 1.50 bits per heavy atom. The second-order valence-corrected chi connectivity index (χ2v) is 3.84. The molecule has 0 amide bonds. The van der Waals surface area contributed by atoms with Gasteiger partial charge in [-0.3, -0.25) is 0 Å². The highest BCUT2D eigenvalue weighted by Crippen LogP contribution is 2.23. The van der Waals surface area contributed by atoms with E-state index in [0.717, 1.165) is 22.1 Å². The number of benzene rings is 1. The summed E-state index contributed by atoms with van der Waals surface area (Å²) >= 11 is 3.44. The molecule has 1 aromatic carbocycles. The molecule has 1 atom stereocenters. The molecule has 0 aliphatic heterocycles. The van der Waals surface area contributed by atoms with Crippen molar-refractivity contribution in [3.05, 3.63) is 28.2 Å². The first kappa shape index (κ1) is 9.55. The van der Waals surface area contributed by atoms with Crippen LogP contribution in [0, 0.1) is 0 Å². The van der Waals surface area contributed by atoms with Crippen LogP contribution in [0.25, 0.3) is 0 Å². The van der Waals surface area contributed by atoms with Gasteiger partial charge >= 0.3 is 0 Å². The quantitative estimate of drug-likeness (QED) is 0.761. The molecule has 0 saturated carbocycles. The van der Waals surface area contributed by atoms with Crippen molar-refractivity contribution in [1.82, 2.24) is 0 Å². The first-order valence-corrected chi connectivity index (χ1v) is 4.69. The molecule has 1 aromatic rings. The van der Waals surface area contributed by atoms with Crippen molar-refractivity contribution in [3.63, 3.8) is 0 Å². The molecule has 1 rings (SSSR count). The van der Waals surface area contributed by atoms with Crippen molar-refractivity contribution >= 4 is 21.6 Å². The molecule has 0 radical (unpaired) electrons. The van der Waals surface area contributed by atoms with Gasteiger partial charge in [-0.1, -0.05) is 22.0 Å². The number of rotatable bonds is 2. The van der Waals surface area contributed by atoms with Crippen LogP contribution in [-0.4, -0.2) is 6.04 Å². The molecule has 4 N–H and O–H groups in total. The summed E-state index contributed by atoms with van der Waals surface area (Å²) in [6.07, 6.45) is 0.813. The van der Waals surface area contributed by atoms with Gasteiger partial charge in [0.15, 0.2) is 0 Å². The summed E-state index contributed by atoms with van der Waals surface area (Å²) in [6.45, 7) is 1.97. The molecule has 0 saturated heterocycles. The molecule has 0 unspecified atom stereocenters. The van der Waals surface area contributed by atoms with E-state index < -0.39 is 0 Å². The van der Waals surface area contributed by atoms with Gasteiger partial charge in [-0.05, 0) is 31.0 Å². The van der Waals surface area contributed by atoms with E-state index in [-0.39, 0.29) is 6.04 Å². The summed E-state index contributed by atoms with van der Waals surface area (Å²) in [6, 6.07) is 5.94. The van der Waals surface area contributed by atoms with E-state index in [0.29, 0.717) is 0 Å². The lowest BCUT2D eigenvalue weighted by Gasteiger charge is -2.09. The van der Waals surface area contributed by atoms with E-state index in [4.69, 9.17) is 11.5 Å². The predicted octanol–water partition coefficient (Wildman–Crippen LogP) is 1.92. The number of hydrogen-bond donors (Lipinski definition) is 2. The van der Waals surface area contributed by atoms with Crippen LogP contribution < -0.4 is 11.5 Å². The summed E-state index contributed by atoms with van der Waals surface area (Å²) in [5.74, 6) is 0. The highest BCUT2D eigenvalue weighted by molar-refractivity contribution is 9.10. The fourth-order valence-electron chi connectivity index (χ4n) is 1.11. The molecule has 2 nitrogen and oxygen atoms in total. The molecule has 3 heteroatoms. The topological polar surface area (TPSA) is 52.0 Å². The Hall–Kier alpha value is -0.540. The van der Waals surface area contributed by atoms with Crippen LogP contribution in [0.15, 0.2) is 22.7 Å². The van der Waals surface area contributed by atoms with E-state index in [1.807, 2.05) is 25.1 Å². The summed E-state index contributed by atoms with van der Waals surface area (Å²) < 4.78 is 1.04. The predicted molar refractivity (Wildman–Crippen MR) is 55.9 cm³/mol. The number of halogens is 1. The Labute approximate surface area is 81.1 Å². The summed E-state index contributed by atoms with van der Waals surface area (Å²) in [5, 5.41) is 0. The van der Waals surface area contributed by atoms with E-state index in [1.54, 1.807) is 0 Å². The number of nitrogens with two attached hydrogens (primary N) is 2. The third kappa shape index (κ3) is 2.22. The maximum Gasteiger partial charge on any atom is 0.0358 e. The van der Waals surface area contributed by atoms with Crippen LogP contribution in [0.3, 0.4) is 0 Å². The Balaban J connectivity index is 2.96. The first-order chi connectivity index (χ1) is 5.61. The lowest BCUT2D eigenvalue weighted by Crippen LogP contribution is -2.18. The molecule has 0 spiro atoms. The lowest BCUT2D eigenvalue weighted by molar-refractivity contribution is 0.737. The molecule has 12 heavy (non-hydrogen) atoms. The highest BCUT2D eigenvalue weighted by atomic mass is 79.9. The Kier molecular flexibility index (Phi) is 3.12. The van der Waals surface area contributed by atoms with Gasteiger partial charge in [0.05, 0.1) is 0 Å². The normalized spacial score (nSPS) is 12.9. The second kappa shape index (κ2) is 3.92. The standard InChI is InChI=1S/C9H13BrN2/c1-6(11)5-7-8(10)3-2-4-9(7)12/h2-4,6H,5,11-12H2,1H3/t6-/m1/s1. The molecule has 0 heterocycles. The molecule has 0 aliphatic rings. The average molecular weight is 229 g/mol. The molecule has 0 aliphatic carbocycles. The highest BCUT2D eigenvalue weighted by Gasteiger charge is 2.05. The first-order valence-electron chi connectivity index (χ1n) is 3.89. The van der Waals surface area contributed by atoms with Gasteiger partial charge in [0.2, 0.25) is 0 Å². The summed E-state index contributed by atoms with van der Waals surface area (Å²) in [7, 11) is 0. The molecule has 0 fully saturated rings. The van der Waals surface area contributed by atoms with Crippen molar-refractivity contribution in [2.75, 3.05) is 5.73 Å². The third-order valence-electron chi connectivity index (χ3n) is 1.68. The Morgan fingerprint density at radius 2 is 2.17 bits per heavy atom. The molecule has 0 bridgehead atoms. The van der Waals surface area contributed by atoms with Crippen LogP contribution in [0.2, 0.25) is 0 Å². The second-order valence-electron chi connectivity index (χ2n) is 2.99. The minimum Gasteiger partial charge on any atom is -0.398 e. The van der Waals surface area contributed by atoms with E-state index >= 15 is 0 Å². The van der Waals surface area contributed by atoms with Gasteiger partial charge in [-0.15, -0.1) is 0 Å². The van der Waals surface area contributed by atoms with Gasteiger partial charge in [0.1, 0.15) is 0 Å². The van der Waals surface area contributed by atoms with Gasteiger partial charge in [-0.25, -0.2) is 0 Å². The number of anilines is 1. The van der Waals surface area contributed by atoms with E-state index in [9.17, 15) is 0 Å². The Morgan fingerprint density at radius 3 is 2.67 bits per heavy atom. The van der Waals surface area contributed by atoms with Crippen LogP contribution in [0.1, 0.15) is 12.5 Å². The summed E-state index contributed by atoms with van der Waals surface area (Å²) in [5.41, 5.74) is 13.4. The van der Waals surface area contributed by atoms with Crippen molar-refractivity contribution < 1.29 is 0 Å². The minimum atomic E-state index is 0.144. The van der Waals surface area contributed by atoms with Crippen LogP contribution in [-0.2, 0) is 6.42 Å². The fourth-order valence-corrected chi connectivity index (χ4v) is 1.66. The largest absolute Gasteiger partial charge is 0.398 e. The zero-order chi connectivity index (χ0) is 9.14. The summed E-state index contributed by atoms with van der Waals surface area (Å²) in [4.78, 5) is 0. The van der Waals surface area contributed by atoms with Crippen molar-refractivity contribution in [3.8, 4) is 0 Å². The average Bonchev–Trinajstić information content (AvgIpc) is 1.97. The Bertz CT molecular complexity index is 251. The minimum absolute atomic E-state index is 0.144. The third-order valence-corrected chi connectivity index (χ3v) is 2.42. The van der Waals surface area contributed by atoms with Gasteiger partial charge in [-0.2, -0.15) is 0 Å². The number of nitrogen functional groups attached to an aromatic ring is 1. The van der Waals surface area contributed by atoms with Gasteiger partial charge < -0.3 is 11.5 Å². The zero-order valence-corrected chi connectivity index (χ0v) is 8.64. The lowest BCUT2D eigenvalue weighted by atomic mass is 10.1. The van der Waals surface area contributed by atoms with Crippen molar-refractivity contribution in [2.45, 2.75) is 19.4 Å². The van der Waals surface area contributed by atoms with Crippen molar-refractivity contribution in [2.24, 2.45) is 5.73 Å². The van der Waals surface area contributed by atoms with E-state index in [2.05, 4.69) is 15.9 Å². The fraction of sp³-hybridized carbons (Fsp3) is 0.333. The zero-order valence-electron chi connectivity index (χ0n) is 7.05. The molecular weight excluding hydrogens is 216 g/mol. The van der Waals surface area contributed by atoms with Gasteiger partial charge in [0.25, 0.3) is 0 Å². The maximum absolute atomic E-state index is 5.78. The number of hydrogen-bond acceptors (Lipinski definition) is 2.